The second-order valence-electron chi connectivity index (χ2n) is 9.46. The van der Waals surface area contributed by atoms with Gasteiger partial charge in [-0.15, -0.1) is 0 Å². The molecule has 196 valence electrons. The molecule has 3 rings (SSSR count). The van der Waals surface area contributed by atoms with E-state index in [-0.39, 0.29) is 17.2 Å². The molecule has 0 aliphatic heterocycles. The van der Waals surface area contributed by atoms with Crippen molar-refractivity contribution in [2.24, 2.45) is 7.05 Å². The first-order valence-corrected chi connectivity index (χ1v) is 12.9. The van der Waals surface area contributed by atoms with E-state index >= 15 is 0 Å². The number of nitrogens with zero attached hydrogens (tertiary/aromatic N) is 1. The number of amides is 1. The van der Waals surface area contributed by atoms with Crippen molar-refractivity contribution >= 4 is 22.5 Å². The number of fused-ring (bicyclic) bond motifs is 1. The van der Waals surface area contributed by atoms with E-state index in [9.17, 15) is 9.59 Å². The molecule has 0 saturated heterocycles. The monoisotopic (exact) mass is 502 g/mol. The number of hydrogen-bond acceptors (Lipinski definition) is 4. The third kappa shape index (κ3) is 7.59. The molecule has 1 aromatic heterocycles. The highest BCUT2D eigenvalue weighted by Gasteiger charge is 2.19. The van der Waals surface area contributed by atoms with Gasteiger partial charge >= 0.3 is 0 Å². The first-order valence-electron chi connectivity index (χ1n) is 12.9. The third-order valence-electron chi connectivity index (χ3n) is 6.10. The lowest BCUT2D eigenvalue weighted by atomic mass is 10.1. The molecule has 1 N–H and O–H groups in total. The molecule has 1 heterocycles. The van der Waals surface area contributed by atoms with Crippen LogP contribution in [0.15, 0.2) is 76.6 Å². The number of hydrogen-bond donors (Lipinski definition) is 1. The quantitative estimate of drug-likeness (QED) is 0.213. The summed E-state index contributed by atoms with van der Waals surface area (Å²) in [6.07, 6.45) is 8.02. The molecule has 0 atom stereocenters. The lowest BCUT2D eigenvalue weighted by Gasteiger charge is -2.17. The summed E-state index contributed by atoms with van der Waals surface area (Å²) < 4.78 is 13.7. The van der Waals surface area contributed by atoms with Crippen LogP contribution < -0.4 is 20.3 Å². The predicted molar refractivity (Wildman–Crippen MR) is 152 cm³/mol. The minimum absolute atomic E-state index is 0.213. The number of ether oxygens (including phenoxy) is 2. The maximum atomic E-state index is 13.3. The van der Waals surface area contributed by atoms with E-state index in [2.05, 4.69) is 39.1 Å². The molecule has 37 heavy (non-hydrogen) atoms. The number of carbonyl (C=O) groups excluding carboxylic acids is 1. The summed E-state index contributed by atoms with van der Waals surface area (Å²) in [5.41, 5.74) is 4.07. The van der Waals surface area contributed by atoms with Gasteiger partial charge in [0.15, 0.2) is 5.75 Å². The summed E-state index contributed by atoms with van der Waals surface area (Å²) >= 11 is 0. The number of aromatic nitrogens is 1. The number of nitrogens with one attached hydrogen (secondary N) is 1. The maximum Gasteiger partial charge on any atom is 0.297 e. The smallest absolute Gasteiger partial charge is 0.297 e. The van der Waals surface area contributed by atoms with Crippen LogP contribution in [0.5, 0.6) is 11.5 Å². The van der Waals surface area contributed by atoms with Gasteiger partial charge in [0.25, 0.3) is 11.5 Å². The Morgan fingerprint density at radius 2 is 1.76 bits per heavy atom. The van der Waals surface area contributed by atoms with Crippen LogP contribution in [0.25, 0.3) is 10.9 Å². The first kappa shape index (κ1) is 27.8. The Balaban J connectivity index is 1.93. The fourth-order valence-corrected chi connectivity index (χ4v) is 3.90. The lowest BCUT2D eigenvalue weighted by Crippen LogP contribution is -2.22. The molecule has 0 bridgehead atoms. The summed E-state index contributed by atoms with van der Waals surface area (Å²) in [7, 11) is 1.71. The van der Waals surface area contributed by atoms with Gasteiger partial charge in [-0.1, -0.05) is 48.8 Å². The maximum absolute atomic E-state index is 13.3. The molecular formula is C31H38N2O4. The van der Waals surface area contributed by atoms with Crippen molar-refractivity contribution < 1.29 is 14.3 Å². The Morgan fingerprint density at radius 3 is 2.46 bits per heavy atom. The summed E-state index contributed by atoms with van der Waals surface area (Å²) in [6.45, 7) is 9.14. The lowest BCUT2D eigenvalue weighted by molar-refractivity contribution is 0.102. The number of pyridine rings is 1. The van der Waals surface area contributed by atoms with Gasteiger partial charge in [0.05, 0.1) is 12.1 Å². The Labute approximate surface area is 219 Å². The molecule has 1 amide bonds. The molecule has 0 aliphatic rings. The van der Waals surface area contributed by atoms with E-state index in [0.29, 0.717) is 35.7 Å². The van der Waals surface area contributed by atoms with Gasteiger partial charge in [0, 0.05) is 23.7 Å². The fourth-order valence-electron chi connectivity index (χ4n) is 3.90. The Bertz CT molecular complexity index is 1330. The number of anilines is 1. The van der Waals surface area contributed by atoms with Crippen LogP contribution in [0.4, 0.5) is 5.69 Å². The minimum atomic E-state index is -0.269. The normalized spacial score (nSPS) is 11.3. The zero-order valence-electron chi connectivity index (χ0n) is 22.6. The van der Waals surface area contributed by atoms with Gasteiger partial charge in [-0.3, -0.25) is 9.59 Å². The van der Waals surface area contributed by atoms with E-state index in [0.717, 1.165) is 31.1 Å². The van der Waals surface area contributed by atoms with Crippen molar-refractivity contribution in [3.63, 3.8) is 0 Å². The van der Waals surface area contributed by atoms with Gasteiger partial charge in [-0.05, 0) is 76.4 Å². The molecule has 3 aromatic rings. The molecule has 2 aromatic carbocycles. The second-order valence-corrected chi connectivity index (χ2v) is 9.46. The Morgan fingerprint density at radius 1 is 1.00 bits per heavy atom. The molecule has 0 saturated carbocycles. The SMILES string of the molecule is CCCCOc1c(OCC=C(C)CCC=C(C)C)c2ccc(NC(=O)c3ccccc3)cc2n(C)c1=O. The summed E-state index contributed by atoms with van der Waals surface area (Å²) in [4.78, 5) is 26.0. The molecule has 0 spiro atoms. The molecule has 0 unspecified atom stereocenters. The average molecular weight is 503 g/mol. The van der Waals surface area contributed by atoms with Crippen LogP contribution in [-0.4, -0.2) is 23.7 Å². The van der Waals surface area contributed by atoms with Gasteiger partial charge in [0.2, 0.25) is 5.75 Å². The van der Waals surface area contributed by atoms with Gasteiger partial charge in [0.1, 0.15) is 6.61 Å². The highest BCUT2D eigenvalue weighted by atomic mass is 16.5. The van der Waals surface area contributed by atoms with E-state index in [1.165, 1.54) is 11.1 Å². The topological polar surface area (TPSA) is 69.6 Å². The predicted octanol–water partition coefficient (Wildman–Crippen LogP) is 7.04. The molecule has 0 aliphatic carbocycles. The van der Waals surface area contributed by atoms with Crippen molar-refractivity contribution in [2.45, 2.75) is 53.4 Å². The van der Waals surface area contributed by atoms with E-state index in [1.807, 2.05) is 36.4 Å². The highest BCUT2D eigenvalue weighted by molar-refractivity contribution is 6.05. The summed E-state index contributed by atoms with van der Waals surface area (Å²) in [6, 6.07) is 14.5. The number of rotatable bonds is 12. The van der Waals surface area contributed by atoms with Crippen LogP contribution in [-0.2, 0) is 7.05 Å². The zero-order chi connectivity index (χ0) is 26.8. The van der Waals surface area contributed by atoms with Gasteiger partial charge < -0.3 is 19.4 Å². The summed E-state index contributed by atoms with van der Waals surface area (Å²) in [5.74, 6) is 0.443. The number of benzene rings is 2. The third-order valence-corrected chi connectivity index (χ3v) is 6.10. The standard InChI is InChI=1S/C31H38N2O4/c1-6-7-19-36-29-28(37-20-18-23(4)13-11-12-22(2)3)26-17-16-25(21-27(26)33(5)31(29)35)32-30(34)24-14-9-8-10-15-24/h8-10,12,14-18,21H,6-7,11,13,19-20H2,1-5H3,(H,32,34). The van der Waals surface area contributed by atoms with Crippen molar-refractivity contribution in [1.29, 1.82) is 0 Å². The van der Waals surface area contributed by atoms with E-state index < -0.39 is 0 Å². The van der Waals surface area contributed by atoms with Gasteiger partial charge in [-0.25, -0.2) is 0 Å². The van der Waals surface area contributed by atoms with Crippen LogP contribution >= 0.6 is 0 Å². The van der Waals surface area contributed by atoms with Crippen molar-refractivity contribution in [3.8, 4) is 11.5 Å². The number of aryl methyl sites for hydroxylation is 1. The number of allylic oxidation sites excluding steroid dienone is 3. The Hall–Kier alpha value is -3.80. The van der Waals surface area contributed by atoms with Crippen molar-refractivity contribution in [2.75, 3.05) is 18.5 Å². The molecule has 0 fully saturated rings. The second kappa shape index (κ2) is 13.5. The van der Waals surface area contributed by atoms with Crippen LogP contribution in [0.2, 0.25) is 0 Å². The van der Waals surface area contributed by atoms with Crippen molar-refractivity contribution in [1.82, 2.24) is 4.57 Å². The van der Waals surface area contributed by atoms with Crippen molar-refractivity contribution in [3.05, 3.63) is 87.7 Å². The van der Waals surface area contributed by atoms with E-state index in [1.54, 1.807) is 29.8 Å². The van der Waals surface area contributed by atoms with Crippen LogP contribution in [0.1, 0.15) is 63.7 Å². The van der Waals surface area contributed by atoms with Crippen LogP contribution in [0.3, 0.4) is 0 Å². The van der Waals surface area contributed by atoms with Gasteiger partial charge in [-0.2, -0.15) is 0 Å². The highest BCUT2D eigenvalue weighted by Crippen LogP contribution is 2.34. The average Bonchev–Trinajstić information content (AvgIpc) is 2.88. The minimum Gasteiger partial charge on any atom is -0.485 e. The zero-order valence-corrected chi connectivity index (χ0v) is 22.6. The van der Waals surface area contributed by atoms with Crippen LogP contribution in [0, 0.1) is 0 Å². The largest absolute Gasteiger partial charge is 0.485 e. The molecular weight excluding hydrogens is 464 g/mol. The summed E-state index contributed by atoms with van der Waals surface area (Å²) in [5, 5.41) is 3.67. The molecule has 6 heteroatoms. The van der Waals surface area contributed by atoms with E-state index in [4.69, 9.17) is 9.47 Å². The number of unbranched alkanes of at least 4 members (excludes halogenated alkanes) is 1. The number of carbonyl (C=O) groups is 1. The molecule has 6 nitrogen and oxygen atoms in total. The first-order chi connectivity index (χ1) is 17.8. The fraction of sp³-hybridized carbons (Fsp3) is 0.355. The Kier molecular flexibility index (Phi) is 10.1. The molecule has 0 radical (unpaired) electrons.